The normalized spacial score (nSPS) is 10.5. The molecule has 0 atom stereocenters. The molecule has 2 rings (SSSR count). The van der Waals surface area contributed by atoms with Crippen LogP contribution in [0.5, 0.6) is 0 Å². The third kappa shape index (κ3) is 2.29. The van der Waals surface area contributed by atoms with Crippen LogP contribution in [0.15, 0.2) is 18.2 Å². The van der Waals surface area contributed by atoms with Gasteiger partial charge in [0, 0.05) is 23.9 Å². The standard InChI is InChI=1S/C13H13ClFN3/c1-7-8(2)17-13(18-12(7)16-3)9-4-5-11(15)10(14)6-9/h4-6H,1-3H3,(H,16,17,18). The van der Waals surface area contributed by atoms with Gasteiger partial charge < -0.3 is 5.32 Å². The second-order valence-electron chi connectivity index (χ2n) is 3.99. The van der Waals surface area contributed by atoms with Gasteiger partial charge in [0.05, 0.1) is 5.02 Å². The molecule has 0 aliphatic rings. The Morgan fingerprint density at radius 2 is 1.94 bits per heavy atom. The minimum absolute atomic E-state index is 0.0698. The highest BCUT2D eigenvalue weighted by Gasteiger charge is 2.10. The maximum atomic E-state index is 13.1. The van der Waals surface area contributed by atoms with E-state index in [4.69, 9.17) is 11.6 Å². The predicted molar refractivity (Wildman–Crippen MR) is 71.5 cm³/mol. The lowest BCUT2D eigenvalue weighted by atomic mass is 10.2. The number of aromatic nitrogens is 2. The Balaban J connectivity index is 2.57. The van der Waals surface area contributed by atoms with Crippen molar-refractivity contribution < 1.29 is 4.39 Å². The van der Waals surface area contributed by atoms with Crippen LogP contribution >= 0.6 is 11.6 Å². The molecular formula is C13H13ClFN3. The number of aryl methyl sites for hydroxylation is 1. The van der Waals surface area contributed by atoms with Crippen LogP contribution in [0.25, 0.3) is 11.4 Å². The average Bonchev–Trinajstić information content (AvgIpc) is 2.36. The third-order valence-corrected chi connectivity index (χ3v) is 3.09. The lowest BCUT2D eigenvalue weighted by molar-refractivity contribution is 0.628. The van der Waals surface area contributed by atoms with Crippen molar-refractivity contribution in [2.24, 2.45) is 0 Å². The van der Waals surface area contributed by atoms with E-state index in [-0.39, 0.29) is 5.02 Å². The molecule has 1 heterocycles. The fourth-order valence-electron chi connectivity index (χ4n) is 1.64. The number of hydrogen-bond donors (Lipinski definition) is 1. The Morgan fingerprint density at radius 1 is 1.22 bits per heavy atom. The molecule has 0 aliphatic carbocycles. The largest absolute Gasteiger partial charge is 0.373 e. The Bertz CT molecular complexity index is 599. The zero-order chi connectivity index (χ0) is 13.3. The van der Waals surface area contributed by atoms with Crippen LogP contribution in [0.1, 0.15) is 11.3 Å². The van der Waals surface area contributed by atoms with Crippen molar-refractivity contribution in [1.29, 1.82) is 0 Å². The number of halogens is 2. The zero-order valence-corrected chi connectivity index (χ0v) is 11.1. The van der Waals surface area contributed by atoms with Crippen molar-refractivity contribution in [3.8, 4) is 11.4 Å². The first-order chi connectivity index (χ1) is 8.52. The van der Waals surface area contributed by atoms with Crippen LogP contribution in [0.3, 0.4) is 0 Å². The third-order valence-electron chi connectivity index (χ3n) is 2.80. The summed E-state index contributed by atoms with van der Waals surface area (Å²) in [6.07, 6.45) is 0. The van der Waals surface area contributed by atoms with E-state index in [2.05, 4.69) is 15.3 Å². The number of benzene rings is 1. The Labute approximate surface area is 110 Å². The van der Waals surface area contributed by atoms with E-state index in [1.165, 1.54) is 12.1 Å². The van der Waals surface area contributed by atoms with Gasteiger partial charge in [0.15, 0.2) is 5.82 Å². The van der Waals surface area contributed by atoms with Gasteiger partial charge in [-0.05, 0) is 32.0 Å². The van der Waals surface area contributed by atoms with E-state index < -0.39 is 5.82 Å². The summed E-state index contributed by atoms with van der Waals surface area (Å²) in [6, 6.07) is 4.46. The molecule has 18 heavy (non-hydrogen) atoms. The van der Waals surface area contributed by atoms with Crippen molar-refractivity contribution in [1.82, 2.24) is 9.97 Å². The Hall–Kier alpha value is -1.68. The van der Waals surface area contributed by atoms with E-state index in [1.807, 2.05) is 13.8 Å². The summed E-state index contributed by atoms with van der Waals surface area (Å²) < 4.78 is 13.1. The molecule has 5 heteroatoms. The van der Waals surface area contributed by atoms with Gasteiger partial charge in [-0.15, -0.1) is 0 Å². The molecule has 0 radical (unpaired) electrons. The van der Waals surface area contributed by atoms with E-state index in [0.29, 0.717) is 11.4 Å². The first-order valence-electron chi connectivity index (χ1n) is 5.51. The highest BCUT2D eigenvalue weighted by molar-refractivity contribution is 6.31. The number of nitrogens with one attached hydrogen (secondary N) is 1. The van der Waals surface area contributed by atoms with Gasteiger partial charge in [-0.2, -0.15) is 0 Å². The topological polar surface area (TPSA) is 37.8 Å². The van der Waals surface area contributed by atoms with Crippen molar-refractivity contribution in [2.75, 3.05) is 12.4 Å². The maximum absolute atomic E-state index is 13.1. The molecule has 0 fully saturated rings. The molecule has 0 spiro atoms. The van der Waals surface area contributed by atoms with E-state index >= 15 is 0 Å². The monoisotopic (exact) mass is 265 g/mol. The minimum Gasteiger partial charge on any atom is -0.373 e. The second kappa shape index (κ2) is 4.90. The molecular weight excluding hydrogens is 253 g/mol. The highest BCUT2D eigenvalue weighted by atomic mass is 35.5. The van der Waals surface area contributed by atoms with E-state index in [0.717, 1.165) is 17.1 Å². The second-order valence-corrected chi connectivity index (χ2v) is 4.39. The van der Waals surface area contributed by atoms with Crippen LogP contribution in [-0.4, -0.2) is 17.0 Å². The van der Waals surface area contributed by atoms with E-state index in [9.17, 15) is 4.39 Å². The van der Waals surface area contributed by atoms with Crippen LogP contribution in [0.4, 0.5) is 10.2 Å². The number of nitrogens with zero attached hydrogens (tertiary/aromatic N) is 2. The Kier molecular flexibility index (Phi) is 3.48. The van der Waals surface area contributed by atoms with E-state index in [1.54, 1.807) is 13.1 Å². The van der Waals surface area contributed by atoms with Crippen molar-refractivity contribution >= 4 is 17.4 Å². The number of anilines is 1. The van der Waals surface area contributed by atoms with Gasteiger partial charge in [0.25, 0.3) is 0 Å². The highest BCUT2D eigenvalue weighted by Crippen LogP contribution is 2.25. The van der Waals surface area contributed by atoms with Crippen molar-refractivity contribution in [3.63, 3.8) is 0 Å². The molecule has 2 aromatic rings. The SMILES string of the molecule is CNc1nc(-c2ccc(F)c(Cl)c2)nc(C)c1C. The lowest BCUT2D eigenvalue weighted by Gasteiger charge is -2.10. The minimum atomic E-state index is -0.446. The van der Waals surface area contributed by atoms with Gasteiger partial charge in [-0.1, -0.05) is 11.6 Å². The fourth-order valence-corrected chi connectivity index (χ4v) is 1.82. The summed E-state index contributed by atoms with van der Waals surface area (Å²) in [5.74, 6) is 0.848. The summed E-state index contributed by atoms with van der Waals surface area (Å²) in [4.78, 5) is 8.78. The summed E-state index contributed by atoms with van der Waals surface area (Å²) >= 11 is 5.76. The smallest absolute Gasteiger partial charge is 0.161 e. The zero-order valence-electron chi connectivity index (χ0n) is 10.4. The van der Waals surface area contributed by atoms with Gasteiger partial charge in [-0.25, -0.2) is 14.4 Å². The summed E-state index contributed by atoms with van der Waals surface area (Å²) in [6.45, 7) is 3.86. The summed E-state index contributed by atoms with van der Waals surface area (Å²) in [7, 11) is 1.80. The first-order valence-corrected chi connectivity index (χ1v) is 5.89. The molecule has 94 valence electrons. The molecule has 3 nitrogen and oxygen atoms in total. The quantitative estimate of drug-likeness (QED) is 0.902. The number of hydrogen-bond acceptors (Lipinski definition) is 3. The molecule has 0 bridgehead atoms. The summed E-state index contributed by atoms with van der Waals surface area (Å²) in [5.41, 5.74) is 2.57. The molecule has 0 aliphatic heterocycles. The van der Waals surface area contributed by atoms with Gasteiger partial charge in [0.2, 0.25) is 0 Å². The average molecular weight is 266 g/mol. The van der Waals surface area contributed by atoms with Crippen molar-refractivity contribution in [2.45, 2.75) is 13.8 Å². The van der Waals surface area contributed by atoms with Crippen LogP contribution in [-0.2, 0) is 0 Å². The maximum Gasteiger partial charge on any atom is 0.161 e. The molecule has 0 amide bonds. The molecule has 0 saturated carbocycles. The van der Waals surface area contributed by atoms with Crippen LogP contribution in [0.2, 0.25) is 5.02 Å². The molecule has 0 saturated heterocycles. The van der Waals surface area contributed by atoms with Crippen LogP contribution in [0, 0.1) is 19.7 Å². The van der Waals surface area contributed by atoms with Gasteiger partial charge in [0.1, 0.15) is 11.6 Å². The van der Waals surface area contributed by atoms with Gasteiger partial charge >= 0.3 is 0 Å². The molecule has 1 aromatic carbocycles. The summed E-state index contributed by atoms with van der Waals surface area (Å²) in [5, 5.41) is 3.08. The predicted octanol–water partition coefficient (Wildman–Crippen LogP) is 3.59. The van der Waals surface area contributed by atoms with Crippen LogP contribution < -0.4 is 5.32 Å². The Morgan fingerprint density at radius 3 is 2.56 bits per heavy atom. The fraction of sp³-hybridized carbons (Fsp3) is 0.231. The van der Waals surface area contributed by atoms with Crippen molar-refractivity contribution in [3.05, 3.63) is 40.3 Å². The first kappa shape index (κ1) is 12.8. The van der Waals surface area contributed by atoms with Gasteiger partial charge in [-0.3, -0.25) is 0 Å². The molecule has 1 aromatic heterocycles. The molecule has 1 N–H and O–H groups in total. The molecule has 0 unspecified atom stereocenters. The lowest BCUT2D eigenvalue weighted by Crippen LogP contribution is -2.02. The number of rotatable bonds is 2.